The van der Waals surface area contributed by atoms with Gasteiger partial charge in [-0.25, -0.2) is 9.97 Å². The zero-order valence-electron chi connectivity index (χ0n) is 21.7. The third-order valence-corrected chi connectivity index (χ3v) is 9.35. The summed E-state index contributed by atoms with van der Waals surface area (Å²) >= 11 is 1.71. The number of fused-ring (bicyclic) bond motifs is 4. The number of aromatic nitrogens is 4. The number of nitrogens with zero attached hydrogens (tertiary/aromatic N) is 5. The molecule has 198 valence electrons. The van der Waals surface area contributed by atoms with Crippen molar-refractivity contribution in [1.29, 1.82) is 0 Å². The van der Waals surface area contributed by atoms with E-state index in [9.17, 15) is 4.79 Å². The van der Waals surface area contributed by atoms with E-state index >= 15 is 0 Å². The number of carbonyl (C=O) groups is 1. The van der Waals surface area contributed by atoms with Crippen LogP contribution in [0.25, 0.3) is 21.1 Å². The van der Waals surface area contributed by atoms with Gasteiger partial charge in [0.05, 0.1) is 29.4 Å². The van der Waals surface area contributed by atoms with Gasteiger partial charge in [0.15, 0.2) is 0 Å². The van der Waals surface area contributed by atoms with E-state index < -0.39 is 0 Å². The molecule has 2 fully saturated rings. The van der Waals surface area contributed by atoms with Crippen molar-refractivity contribution in [3.8, 4) is 5.75 Å². The maximum atomic E-state index is 13.5. The van der Waals surface area contributed by atoms with Crippen molar-refractivity contribution in [1.82, 2.24) is 30.0 Å². The van der Waals surface area contributed by atoms with Crippen LogP contribution in [-0.4, -0.2) is 75.2 Å². The van der Waals surface area contributed by atoms with Gasteiger partial charge in [-0.2, -0.15) is 5.10 Å². The Morgan fingerprint density at radius 2 is 2.05 bits per heavy atom. The average molecular weight is 532 g/mol. The number of piperazine rings is 1. The minimum atomic E-state index is 0.0583. The topological polar surface area (TPSA) is 99.3 Å². The standard InChI is InChI=1S/C28H33N7O2S/c1-2-37-23-13-21-19(14-31-33-21)11-22(23)32-26-25-20-6-5-18(12-24(20)38-27(25)30-16-29-26)28(36)35-9-7-34(8-10-35)15-17-3-4-17/h11,13-14,16-18H,2-10,12,15H2,1H3,(H,31,33)(H,29,30,32). The Hall–Kier alpha value is -3.24. The number of hydrogen-bond donors (Lipinski definition) is 2. The Morgan fingerprint density at radius 3 is 2.87 bits per heavy atom. The monoisotopic (exact) mass is 531 g/mol. The van der Waals surface area contributed by atoms with Gasteiger partial charge in [-0.05, 0) is 56.6 Å². The molecule has 4 heterocycles. The van der Waals surface area contributed by atoms with E-state index in [0.29, 0.717) is 12.5 Å². The van der Waals surface area contributed by atoms with Gasteiger partial charge in [0.25, 0.3) is 0 Å². The van der Waals surface area contributed by atoms with E-state index in [0.717, 1.165) is 89.7 Å². The van der Waals surface area contributed by atoms with Gasteiger partial charge in [-0.3, -0.25) is 14.8 Å². The number of rotatable bonds is 7. The molecule has 3 aromatic heterocycles. The molecule has 1 unspecified atom stereocenters. The van der Waals surface area contributed by atoms with Crippen molar-refractivity contribution in [2.75, 3.05) is 44.6 Å². The lowest BCUT2D eigenvalue weighted by Gasteiger charge is -2.37. The number of amides is 1. The number of hydrogen-bond acceptors (Lipinski definition) is 8. The summed E-state index contributed by atoms with van der Waals surface area (Å²) in [4.78, 5) is 29.6. The van der Waals surface area contributed by atoms with Gasteiger partial charge in [0.1, 0.15) is 22.7 Å². The predicted octanol–water partition coefficient (Wildman–Crippen LogP) is 4.37. The quantitative estimate of drug-likeness (QED) is 0.365. The average Bonchev–Trinajstić information content (AvgIpc) is 3.49. The molecule has 10 heteroatoms. The van der Waals surface area contributed by atoms with Crippen LogP contribution in [0, 0.1) is 11.8 Å². The molecular formula is C28H33N7O2S. The minimum absolute atomic E-state index is 0.0583. The first-order chi connectivity index (χ1) is 18.7. The smallest absolute Gasteiger partial charge is 0.226 e. The van der Waals surface area contributed by atoms with Crippen LogP contribution < -0.4 is 10.1 Å². The van der Waals surface area contributed by atoms with Gasteiger partial charge in [0, 0.05) is 55.0 Å². The van der Waals surface area contributed by atoms with Crippen LogP contribution in [0.5, 0.6) is 5.75 Å². The SMILES string of the molecule is CCOc1cc2[nH]ncc2cc1Nc1ncnc2sc3c(c12)CCC(C(=O)N1CCN(CC2CC2)CC1)C3. The molecule has 2 aliphatic carbocycles. The third-order valence-electron chi connectivity index (χ3n) is 8.19. The summed E-state index contributed by atoms with van der Waals surface area (Å²) in [7, 11) is 0. The highest BCUT2D eigenvalue weighted by Crippen LogP contribution is 2.42. The first kappa shape index (κ1) is 23.8. The third kappa shape index (κ3) is 4.49. The highest BCUT2D eigenvalue weighted by molar-refractivity contribution is 7.19. The van der Waals surface area contributed by atoms with Gasteiger partial charge in [-0.15, -0.1) is 11.3 Å². The van der Waals surface area contributed by atoms with E-state index in [1.54, 1.807) is 17.7 Å². The molecule has 1 aliphatic heterocycles. The van der Waals surface area contributed by atoms with Crippen LogP contribution in [0.3, 0.4) is 0 Å². The highest BCUT2D eigenvalue weighted by atomic mass is 32.1. The zero-order chi connectivity index (χ0) is 25.6. The summed E-state index contributed by atoms with van der Waals surface area (Å²) in [6, 6.07) is 4.01. The second kappa shape index (κ2) is 9.81. The lowest BCUT2D eigenvalue weighted by molar-refractivity contribution is -0.137. The summed E-state index contributed by atoms with van der Waals surface area (Å²) in [5.74, 6) is 2.83. The molecule has 4 aromatic rings. The van der Waals surface area contributed by atoms with Crippen molar-refractivity contribution in [2.24, 2.45) is 11.8 Å². The number of aryl methyl sites for hydroxylation is 1. The van der Waals surface area contributed by atoms with Crippen LogP contribution in [0.15, 0.2) is 24.7 Å². The summed E-state index contributed by atoms with van der Waals surface area (Å²) in [5, 5.41) is 12.8. The van der Waals surface area contributed by atoms with Crippen molar-refractivity contribution in [2.45, 2.75) is 39.0 Å². The maximum Gasteiger partial charge on any atom is 0.226 e. The molecule has 2 N–H and O–H groups in total. The molecule has 0 bridgehead atoms. The number of thiophene rings is 1. The van der Waals surface area contributed by atoms with Crippen LogP contribution >= 0.6 is 11.3 Å². The van der Waals surface area contributed by atoms with Crippen LogP contribution in [0.1, 0.15) is 36.6 Å². The summed E-state index contributed by atoms with van der Waals surface area (Å²) < 4.78 is 5.92. The molecule has 1 aromatic carbocycles. The van der Waals surface area contributed by atoms with Crippen LogP contribution in [-0.2, 0) is 17.6 Å². The molecule has 7 rings (SSSR count). The molecule has 0 radical (unpaired) electrons. The molecule has 3 aliphatic rings. The molecule has 0 spiro atoms. The lowest BCUT2D eigenvalue weighted by Crippen LogP contribution is -2.51. The number of aromatic amines is 1. The number of anilines is 2. The molecule has 1 amide bonds. The first-order valence-corrected chi connectivity index (χ1v) is 14.6. The van der Waals surface area contributed by atoms with Crippen LogP contribution in [0.4, 0.5) is 11.5 Å². The molecular weight excluding hydrogens is 498 g/mol. The number of nitrogens with one attached hydrogen (secondary N) is 2. The number of ether oxygens (including phenoxy) is 1. The van der Waals surface area contributed by atoms with Gasteiger partial charge in [-0.1, -0.05) is 0 Å². The van der Waals surface area contributed by atoms with Crippen molar-refractivity contribution >= 4 is 49.9 Å². The minimum Gasteiger partial charge on any atom is -0.492 e. The predicted molar refractivity (Wildman–Crippen MR) is 149 cm³/mol. The van der Waals surface area contributed by atoms with Gasteiger partial charge in [0.2, 0.25) is 5.91 Å². The number of carbonyl (C=O) groups excluding carboxylic acids is 1. The van der Waals surface area contributed by atoms with E-state index in [2.05, 4.69) is 35.3 Å². The molecule has 1 saturated carbocycles. The van der Waals surface area contributed by atoms with Gasteiger partial charge >= 0.3 is 0 Å². The summed E-state index contributed by atoms with van der Waals surface area (Å²) in [6.45, 7) is 7.52. The largest absolute Gasteiger partial charge is 0.492 e. The Kier molecular flexibility index (Phi) is 6.16. The molecule has 1 saturated heterocycles. The van der Waals surface area contributed by atoms with Crippen molar-refractivity contribution in [3.05, 3.63) is 35.1 Å². The summed E-state index contributed by atoms with van der Waals surface area (Å²) in [5.41, 5.74) is 3.07. The normalized spacial score (nSPS) is 20.1. The fraction of sp³-hybridized carbons (Fsp3) is 0.500. The Bertz CT molecular complexity index is 1490. The number of benzene rings is 1. The van der Waals surface area contributed by atoms with E-state index in [-0.39, 0.29) is 5.92 Å². The van der Waals surface area contributed by atoms with Gasteiger partial charge < -0.3 is 15.0 Å². The fourth-order valence-electron chi connectivity index (χ4n) is 5.96. The highest BCUT2D eigenvalue weighted by Gasteiger charge is 2.34. The second-order valence-electron chi connectivity index (χ2n) is 10.8. The molecule has 9 nitrogen and oxygen atoms in total. The van der Waals surface area contributed by atoms with E-state index in [1.807, 2.05) is 25.3 Å². The summed E-state index contributed by atoms with van der Waals surface area (Å²) in [6.07, 6.45) is 8.73. The zero-order valence-corrected chi connectivity index (χ0v) is 22.5. The molecule has 38 heavy (non-hydrogen) atoms. The lowest BCUT2D eigenvalue weighted by atomic mass is 9.86. The Labute approximate surface area is 225 Å². The fourth-order valence-corrected chi connectivity index (χ4v) is 7.23. The Morgan fingerprint density at radius 1 is 1.18 bits per heavy atom. The van der Waals surface area contributed by atoms with E-state index in [4.69, 9.17) is 4.74 Å². The van der Waals surface area contributed by atoms with Crippen molar-refractivity contribution < 1.29 is 9.53 Å². The number of H-pyrrole nitrogens is 1. The molecule has 1 atom stereocenters. The first-order valence-electron chi connectivity index (χ1n) is 13.8. The van der Waals surface area contributed by atoms with Crippen LogP contribution in [0.2, 0.25) is 0 Å². The van der Waals surface area contributed by atoms with Crippen molar-refractivity contribution in [3.63, 3.8) is 0 Å². The van der Waals surface area contributed by atoms with E-state index in [1.165, 1.54) is 29.8 Å². The maximum absolute atomic E-state index is 13.5. The second-order valence-corrected chi connectivity index (χ2v) is 11.9. The Balaban J connectivity index is 1.11.